The number of ether oxygens (including phenoxy) is 1. The molecule has 0 atom stereocenters. The van der Waals surface area contributed by atoms with E-state index in [1.165, 1.54) is 0 Å². The summed E-state index contributed by atoms with van der Waals surface area (Å²) in [6.07, 6.45) is -2.31. The van der Waals surface area contributed by atoms with Gasteiger partial charge in [-0.05, 0) is 17.7 Å². The molecule has 5 heteroatoms. The molecular formula is C12H16BrF2NO. The molecule has 0 aliphatic carbocycles. The summed E-state index contributed by atoms with van der Waals surface area (Å²) in [7, 11) is 1.59. The van der Waals surface area contributed by atoms with E-state index in [9.17, 15) is 8.78 Å². The quantitative estimate of drug-likeness (QED) is 0.718. The molecule has 2 nitrogen and oxygen atoms in total. The van der Waals surface area contributed by atoms with Crippen LogP contribution in [0.5, 0.6) is 5.75 Å². The first-order chi connectivity index (χ1) is 8.15. The molecule has 96 valence electrons. The minimum Gasteiger partial charge on any atom is -0.497 e. The molecule has 0 aliphatic heterocycles. The second-order valence-electron chi connectivity index (χ2n) is 3.67. The van der Waals surface area contributed by atoms with Crippen molar-refractivity contribution in [1.82, 2.24) is 4.90 Å². The van der Waals surface area contributed by atoms with E-state index in [1.807, 2.05) is 24.3 Å². The van der Waals surface area contributed by atoms with Crippen molar-refractivity contribution < 1.29 is 13.5 Å². The van der Waals surface area contributed by atoms with Crippen molar-refractivity contribution in [3.8, 4) is 5.75 Å². The first kappa shape index (κ1) is 14.4. The molecule has 0 aromatic heterocycles. The van der Waals surface area contributed by atoms with Crippen LogP contribution in [-0.2, 0) is 6.54 Å². The van der Waals surface area contributed by atoms with Crippen LogP contribution in [0.2, 0.25) is 0 Å². The van der Waals surface area contributed by atoms with Crippen LogP contribution in [0.15, 0.2) is 24.3 Å². The molecule has 0 heterocycles. The number of benzene rings is 1. The minimum absolute atomic E-state index is 0.206. The van der Waals surface area contributed by atoms with Crippen LogP contribution >= 0.6 is 15.9 Å². The van der Waals surface area contributed by atoms with Gasteiger partial charge in [-0.15, -0.1) is 0 Å². The molecule has 1 aromatic carbocycles. The van der Waals surface area contributed by atoms with Crippen molar-refractivity contribution in [1.29, 1.82) is 0 Å². The molecule has 1 aromatic rings. The van der Waals surface area contributed by atoms with Gasteiger partial charge in [-0.25, -0.2) is 8.78 Å². The van der Waals surface area contributed by atoms with Crippen molar-refractivity contribution in [3.63, 3.8) is 0 Å². The Morgan fingerprint density at radius 2 is 2.18 bits per heavy atom. The zero-order valence-corrected chi connectivity index (χ0v) is 11.3. The van der Waals surface area contributed by atoms with Crippen molar-refractivity contribution in [3.05, 3.63) is 29.8 Å². The molecule has 0 bridgehead atoms. The Bertz CT molecular complexity index is 336. The zero-order valence-electron chi connectivity index (χ0n) is 9.70. The number of nitrogens with zero attached hydrogens (tertiary/aromatic N) is 1. The monoisotopic (exact) mass is 307 g/mol. The molecule has 0 amide bonds. The lowest BCUT2D eigenvalue weighted by molar-refractivity contribution is 0.0881. The number of hydrogen-bond acceptors (Lipinski definition) is 2. The van der Waals surface area contributed by atoms with Crippen molar-refractivity contribution in [2.45, 2.75) is 13.0 Å². The first-order valence-corrected chi connectivity index (χ1v) is 6.47. The van der Waals surface area contributed by atoms with Crippen LogP contribution < -0.4 is 4.74 Å². The molecule has 0 saturated carbocycles. The normalized spacial score (nSPS) is 11.2. The molecule has 0 spiro atoms. The van der Waals surface area contributed by atoms with Crippen LogP contribution in [0.4, 0.5) is 8.78 Å². The smallest absolute Gasteiger partial charge is 0.251 e. The summed E-state index contributed by atoms with van der Waals surface area (Å²) in [5, 5.41) is 0.684. The summed E-state index contributed by atoms with van der Waals surface area (Å²) in [5.41, 5.74) is 0.978. The Kier molecular flexibility index (Phi) is 6.44. The van der Waals surface area contributed by atoms with Gasteiger partial charge >= 0.3 is 0 Å². The summed E-state index contributed by atoms with van der Waals surface area (Å²) in [5.74, 6) is 0.748. The van der Waals surface area contributed by atoms with Gasteiger partial charge in [0.1, 0.15) is 5.75 Å². The first-order valence-electron chi connectivity index (χ1n) is 5.35. The van der Waals surface area contributed by atoms with Gasteiger partial charge in [-0.1, -0.05) is 28.1 Å². The Hall–Kier alpha value is -0.680. The highest BCUT2D eigenvalue weighted by atomic mass is 79.9. The maximum Gasteiger partial charge on any atom is 0.251 e. The van der Waals surface area contributed by atoms with E-state index in [4.69, 9.17) is 4.74 Å². The van der Waals surface area contributed by atoms with Gasteiger partial charge in [-0.3, -0.25) is 4.90 Å². The van der Waals surface area contributed by atoms with Crippen molar-refractivity contribution in [2.75, 3.05) is 25.5 Å². The van der Waals surface area contributed by atoms with Crippen LogP contribution in [0.1, 0.15) is 5.56 Å². The molecular weight excluding hydrogens is 292 g/mol. The van der Waals surface area contributed by atoms with Gasteiger partial charge < -0.3 is 4.74 Å². The molecule has 0 saturated heterocycles. The van der Waals surface area contributed by atoms with Gasteiger partial charge in [0.25, 0.3) is 6.43 Å². The van der Waals surface area contributed by atoms with Gasteiger partial charge in [-0.2, -0.15) is 0 Å². The molecule has 0 N–H and O–H groups in total. The molecule has 0 unspecified atom stereocenters. The highest BCUT2D eigenvalue weighted by Crippen LogP contribution is 2.15. The largest absolute Gasteiger partial charge is 0.497 e. The number of methoxy groups -OCH3 is 1. The third-order valence-electron chi connectivity index (χ3n) is 2.34. The minimum atomic E-state index is -2.31. The third kappa shape index (κ3) is 5.46. The lowest BCUT2D eigenvalue weighted by Crippen LogP contribution is -2.30. The van der Waals surface area contributed by atoms with E-state index in [1.54, 1.807) is 12.0 Å². The van der Waals surface area contributed by atoms with Gasteiger partial charge in [0.2, 0.25) is 0 Å². The Labute approximate surface area is 109 Å². The maximum atomic E-state index is 12.4. The average molecular weight is 308 g/mol. The van der Waals surface area contributed by atoms with Crippen molar-refractivity contribution >= 4 is 15.9 Å². The van der Waals surface area contributed by atoms with Gasteiger partial charge in [0.05, 0.1) is 13.7 Å². The Morgan fingerprint density at radius 3 is 2.76 bits per heavy atom. The third-order valence-corrected chi connectivity index (χ3v) is 2.69. The van der Waals surface area contributed by atoms with E-state index in [2.05, 4.69) is 15.9 Å². The molecule has 0 radical (unpaired) electrons. The molecule has 0 aliphatic rings. The van der Waals surface area contributed by atoms with Crippen LogP contribution in [-0.4, -0.2) is 36.9 Å². The van der Waals surface area contributed by atoms with E-state index in [-0.39, 0.29) is 6.54 Å². The summed E-state index contributed by atoms with van der Waals surface area (Å²) in [4.78, 5) is 1.72. The highest BCUT2D eigenvalue weighted by Gasteiger charge is 2.12. The lowest BCUT2D eigenvalue weighted by atomic mass is 10.2. The Morgan fingerprint density at radius 1 is 1.41 bits per heavy atom. The lowest BCUT2D eigenvalue weighted by Gasteiger charge is -2.21. The number of hydrogen-bond donors (Lipinski definition) is 0. The highest BCUT2D eigenvalue weighted by molar-refractivity contribution is 9.09. The topological polar surface area (TPSA) is 12.5 Å². The number of halogens is 3. The van der Waals surface area contributed by atoms with Crippen LogP contribution in [0, 0.1) is 0 Å². The fraction of sp³-hybridized carbons (Fsp3) is 0.500. The van der Waals surface area contributed by atoms with Gasteiger partial charge in [0.15, 0.2) is 0 Å². The predicted octanol–water partition coefficient (Wildman–Crippen LogP) is 3.16. The standard InChI is InChI=1S/C12H16BrF2NO/c1-17-11-4-2-3-10(7-11)8-16(6-5-13)9-12(14)15/h2-4,7,12H,5-6,8-9H2,1H3. The van der Waals surface area contributed by atoms with E-state index >= 15 is 0 Å². The molecule has 0 fully saturated rings. The van der Waals surface area contributed by atoms with E-state index in [0.29, 0.717) is 18.4 Å². The summed E-state index contributed by atoms with van der Waals surface area (Å²) < 4.78 is 29.9. The SMILES string of the molecule is COc1cccc(CN(CCBr)CC(F)F)c1. The number of alkyl halides is 3. The van der Waals surface area contributed by atoms with Crippen LogP contribution in [0.3, 0.4) is 0 Å². The van der Waals surface area contributed by atoms with Crippen molar-refractivity contribution in [2.24, 2.45) is 0 Å². The molecule has 17 heavy (non-hydrogen) atoms. The molecule has 1 rings (SSSR count). The zero-order chi connectivity index (χ0) is 12.7. The predicted molar refractivity (Wildman–Crippen MR) is 68.1 cm³/mol. The summed E-state index contributed by atoms with van der Waals surface area (Å²) >= 11 is 3.27. The van der Waals surface area contributed by atoms with E-state index in [0.717, 1.165) is 11.3 Å². The maximum absolute atomic E-state index is 12.4. The Balaban J connectivity index is 2.64. The van der Waals surface area contributed by atoms with E-state index < -0.39 is 6.43 Å². The summed E-state index contributed by atoms with van der Waals surface area (Å²) in [6, 6.07) is 7.48. The second kappa shape index (κ2) is 7.61. The van der Waals surface area contributed by atoms with Crippen LogP contribution in [0.25, 0.3) is 0 Å². The summed E-state index contributed by atoms with van der Waals surface area (Å²) in [6.45, 7) is 0.900. The fourth-order valence-corrected chi connectivity index (χ4v) is 2.08. The fourth-order valence-electron chi connectivity index (χ4n) is 1.58. The second-order valence-corrected chi connectivity index (χ2v) is 4.46. The average Bonchev–Trinajstić information content (AvgIpc) is 2.29. The van der Waals surface area contributed by atoms with Gasteiger partial charge in [0, 0.05) is 18.4 Å². The number of rotatable bonds is 7.